The van der Waals surface area contributed by atoms with Gasteiger partial charge in [-0.1, -0.05) is 0 Å². The number of carbonyl (C=O) groups is 2. The lowest BCUT2D eigenvalue weighted by atomic mass is 10.2. The molecule has 0 aliphatic carbocycles. The molecule has 0 spiro atoms. The lowest BCUT2D eigenvalue weighted by molar-refractivity contribution is -0.141. The summed E-state index contributed by atoms with van der Waals surface area (Å²) >= 11 is 0. The van der Waals surface area contributed by atoms with E-state index in [9.17, 15) is 9.59 Å². The van der Waals surface area contributed by atoms with E-state index in [4.69, 9.17) is 9.84 Å². The summed E-state index contributed by atoms with van der Waals surface area (Å²) in [6.45, 7) is 6.21. The van der Waals surface area contributed by atoms with Crippen LogP contribution in [0.4, 0.5) is 4.79 Å². The van der Waals surface area contributed by atoms with E-state index in [0.717, 1.165) is 32.7 Å². The summed E-state index contributed by atoms with van der Waals surface area (Å²) in [4.78, 5) is 28.6. The van der Waals surface area contributed by atoms with E-state index in [0.29, 0.717) is 19.1 Å². The Hall–Kier alpha value is -1.34. The van der Waals surface area contributed by atoms with Crippen molar-refractivity contribution in [3.05, 3.63) is 0 Å². The third kappa shape index (κ3) is 3.21. The molecule has 2 saturated heterocycles. The Balaban J connectivity index is 1.88. The molecule has 0 bridgehead atoms. The number of carbonyl (C=O) groups excluding carboxylic acids is 1. The molecule has 2 aliphatic rings. The second-order valence-electron chi connectivity index (χ2n) is 5.44. The quantitative estimate of drug-likeness (QED) is 0.785. The molecule has 0 aromatic carbocycles. The van der Waals surface area contributed by atoms with Crippen molar-refractivity contribution in [3.8, 4) is 0 Å². The fourth-order valence-corrected chi connectivity index (χ4v) is 2.71. The number of nitrogens with zero attached hydrogens (tertiary/aromatic N) is 3. The second-order valence-corrected chi connectivity index (χ2v) is 5.44. The average molecular weight is 285 g/mol. The molecule has 2 atom stereocenters. The molecule has 114 valence electrons. The zero-order valence-corrected chi connectivity index (χ0v) is 12.1. The molecular formula is C13H23N3O4. The van der Waals surface area contributed by atoms with Crippen molar-refractivity contribution >= 4 is 12.0 Å². The number of carboxylic acid groups (broad SMARTS) is 1. The van der Waals surface area contributed by atoms with Crippen LogP contribution in [0.2, 0.25) is 0 Å². The van der Waals surface area contributed by atoms with Gasteiger partial charge in [-0.2, -0.15) is 0 Å². The van der Waals surface area contributed by atoms with Gasteiger partial charge in [0.25, 0.3) is 0 Å². The van der Waals surface area contributed by atoms with Gasteiger partial charge in [-0.3, -0.25) is 4.90 Å². The van der Waals surface area contributed by atoms with Crippen LogP contribution in [0, 0.1) is 0 Å². The highest BCUT2D eigenvalue weighted by atomic mass is 16.5. The van der Waals surface area contributed by atoms with Gasteiger partial charge < -0.3 is 19.6 Å². The molecule has 2 unspecified atom stereocenters. The van der Waals surface area contributed by atoms with Crippen molar-refractivity contribution in [1.29, 1.82) is 0 Å². The Morgan fingerprint density at radius 1 is 1.30 bits per heavy atom. The number of morpholine rings is 1. The maximum absolute atomic E-state index is 12.3. The molecule has 2 amide bonds. The number of likely N-dealkylation sites (N-methyl/N-ethyl adjacent to an activating group) is 1. The molecule has 7 nitrogen and oxygen atoms in total. The zero-order chi connectivity index (χ0) is 14.7. The first kappa shape index (κ1) is 15.1. The highest BCUT2D eigenvalue weighted by molar-refractivity contribution is 5.82. The number of carboxylic acids is 1. The molecule has 0 saturated carbocycles. The third-order valence-corrected chi connectivity index (χ3v) is 4.24. The monoisotopic (exact) mass is 285 g/mol. The van der Waals surface area contributed by atoms with Crippen molar-refractivity contribution in [2.75, 3.05) is 46.4 Å². The van der Waals surface area contributed by atoms with E-state index in [-0.39, 0.29) is 6.03 Å². The fourth-order valence-electron chi connectivity index (χ4n) is 2.71. The van der Waals surface area contributed by atoms with Crippen molar-refractivity contribution < 1.29 is 19.4 Å². The van der Waals surface area contributed by atoms with Crippen molar-refractivity contribution in [2.45, 2.75) is 25.4 Å². The Kier molecular flexibility index (Phi) is 4.82. The summed E-state index contributed by atoms with van der Waals surface area (Å²) in [6.07, 6.45) is 0.945. The van der Waals surface area contributed by atoms with Crippen molar-refractivity contribution in [1.82, 2.24) is 14.7 Å². The molecular weight excluding hydrogens is 262 g/mol. The maximum atomic E-state index is 12.3. The lowest BCUT2D eigenvalue weighted by Gasteiger charge is -2.32. The van der Waals surface area contributed by atoms with Gasteiger partial charge in [0.1, 0.15) is 6.04 Å². The standard InChI is InChI=1S/C13H23N3O4/c1-10(12(17)18)14(2)13(19)16-4-3-11(9-16)15-5-7-20-8-6-15/h10-11H,3-9H2,1-2H3,(H,17,18). The molecule has 20 heavy (non-hydrogen) atoms. The molecule has 0 radical (unpaired) electrons. The minimum atomic E-state index is -0.982. The van der Waals surface area contributed by atoms with Crippen molar-refractivity contribution in [3.63, 3.8) is 0 Å². The van der Waals surface area contributed by atoms with E-state index < -0.39 is 12.0 Å². The molecule has 0 aromatic rings. The summed E-state index contributed by atoms with van der Waals surface area (Å²) in [7, 11) is 1.54. The van der Waals surface area contributed by atoms with E-state index in [2.05, 4.69) is 4.90 Å². The summed E-state index contributed by atoms with van der Waals surface area (Å²) in [5, 5.41) is 8.97. The van der Waals surface area contributed by atoms with Gasteiger partial charge in [-0.25, -0.2) is 9.59 Å². The molecule has 7 heteroatoms. The predicted octanol–water partition coefficient (Wildman–Crippen LogP) is -0.0822. The molecule has 2 fully saturated rings. The van der Waals surface area contributed by atoms with Crippen LogP contribution in [0.1, 0.15) is 13.3 Å². The number of hydrogen-bond acceptors (Lipinski definition) is 4. The fraction of sp³-hybridized carbons (Fsp3) is 0.846. The smallest absolute Gasteiger partial charge is 0.326 e. The number of rotatable bonds is 3. The van der Waals surface area contributed by atoms with Gasteiger partial charge in [-0.15, -0.1) is 0 Å². The number of aliphatic carboxylic acids is 1. The van der Waals surface area contributed by atoms with Crippen LogP contribution < -0.4 is 0 Å². The Bertz CT molecular complexity index is 371. The van der Waals surface area contributed by atoms with Gasteiger partial charge in [0, 0.05) is 39.3 Å². The highest BCUT2D eigenvalue weighted by Gasteiger charge is 2.34. The first-order valence-electron chi connectivity index (χ1n) is 7.07. The minimum Gasteiger partial charge on any atom is -0.480 e. The summed E-state index contributed by atoms with van der Waals surface area (Å²) in [5.74, 6) is -0.982. The summed E-state index contributed by atoms with van der Waals surface area (Å²) in [6, 6.07) is -0.628. The number of ether oxygens (including phenoxy) is 1. The SMILES string of the molecule is CC(C(=O)O)N(C)C(=O)N1CCC(N2CCOCC2)C1. The maximum Gasteiger partial charge on any atom is 0.326 e. The normalized spacial score (nSPS) is 25.5. The number of amides is 2. The largest absolute Gasteiger partial charge is 0.480 e. The van der Waals surface area contributed by atoms with E-state index in [1.54, 1.807) is 11.9 Å². The summed E-state index contributed by atoms with van der Waals surface area (Å²) in [5.41, 5.74) is 0. The first-order chi connectivity index (χ1) is 9.50. The Morgan fingerprint density at radius 2 is 1.95 bits per heavy atom. The topological polar surface area (TPSA) is 73.3 Å². The zero-order valence-electron chi connectivity index (χ0n) is 12.1. The van der Waals surface area contributed by atoms with Gasteiger partial charge in [0.15, 0.2) is 0 Å². The predicted molar refractivity (Wildman–Crippen MR) is 72.6 cm³/mol. The van der Waals surface area contributed by atoms with Gasteiger partial charge >= 0.3 is 12.0 Å². The van der Waals surface area contributed by atoms with E-state index in [1.807, 2.05) is 0 Å². The molecule has 2 heterocycles. The minimum absolute atomic E-state index is 0.198. The van der Waals surface area contributed by atoms with Crippen LogP contribution in [-0.4, -0.2) is 90.3 Å². The Labute approximate surface area is 119 Å². The highest BCUT2D eigenvalue weighted by Crippen LogP contribution is 2.18. The molecule has 0 aromatic heterocycles. The van der Waals surface area contributed by atoms with E-state index in [1.165, 1.54) is 11.8 Å². The van der Waals surface area contributed by atoms with Crippen LogP contribution in [-0.2, 0) is 9.53 Å². The number of urea groups is 1. The third-order valence-electron chi connectivity index (χ3n) is 4.24. The second kappa shape index (κ2) is 6.41. The van der Waals surface area contributed by atoms with Crippen LogP contribution in [0.5, 0.6) is 0 Å². The van der Waals surface area contributed by atoms with Gasteiger partial charge in [0.2, 0.25) is 0 Å². The average Bonchev–Trinajstić information content (AvgIpc) is 2.95. The van der Waals surface area contributed by atoms with Crippen LogP contribution in [0.3, 0.4) is 0 Å². The van der Waals surface area contributed by atoms with Crippen LogP contribution >= 0.6 is 0 Å². The molecule has 2 rings (SSSR count). The van der Waals surface area contributed by atoms with Crippen molar-refractivity contribution in [2.24, 2.45) is 0 Å². The van der Waals surface area contributed by atoms with Crippen LogP contribution in [0.25, 0.3) is 0 Å². The van der Waals surface area contributed by atoms with E-state index >= 15 is 0 Å². The van der Waals surface area contributed by atoms with Gasteiger partial charge in [-0.05, 0) is 13.3 Å². The first-order valence-corrected chi connectivity index (χ1v) is 7.07. The summed E-state index contributed by atoms with van der Waals surface area (Å²) < 4.78 is 5.33. The lowest BCUT2D eigenvalue weighted by Crippen LogP contribution is -2.49. The van der Waals surface area contributed by atoms with Gasteiger partial charge in [0.05, 0.1) is 13.2 Å². The molecule has 2 aliphatic heterocycles. The number of hydrogen-bond donors (Lipinski definition) is 1. The number of likely N-dealkylation sites (tertiary alicyclic amines) is 1. The molecule has 1 N–H and O–H groups in total. The van der Waals surface area contributed by atoms with Crippen LogP contribution in [0.15, 0.2) is 0 Å². The Morgan fingerprint density at radius 3 is 2.55 bits per heavy atom.